The molecule has 1 heterocycles. The maximum atomic E-state index is 10.9. The fourth-order valence-corrected chi connectivity index (χ4v) is 1.67. The number of nitrogens with one attached hydrogen (secondary N) is 2. The lowest BCUT2D eigenvalue weighted by molar-refractivity contribution is 0.247. The van der Waals surface area contributed by atoms with Crippen LogP contribution in [0.25, 0.3) is 0 Å². The van der Waals surface area contributed by atoms with Crippen LogP contribution in [0.1, 0.15) is 11.6 Å². The van der Waals surface area contributed by atoms with Gasteiger partial charge in [-0.1, -0.05) is 11.6 Å². The average molecular weight is 212 g/mol. The van der Waals surface area contributed by atoms with Gasteiger partial charge in [-0.05, 0) is 18.2 Å². The Morgan fingerprint density at radius 2 is 2.29 bits per heavy atom. The van der Waals surface area contributed by atoms with Gasteiger partial charge in [-0.15, -0.1) is 0 Å². The van der Waals surface area contributed by atoms with Crippen LogP contribution in [-0.4, -0.2) is 12.6 Å². The van der Waals surface area contributed by atoms with Gasteiger partial charge in [-0.25, -0.2) is 4.79 Å². The number of anilines is 1. The number of nitrogens with two attached hydrogens (primary N) is 1. The molecule has 0 unspecified atom stereocenters. The fraction of sp³-hybridized carbons (Fsp3) is 0.222. The number of halogens is 1. The zero-order chi connectivity index (χ0) is 10.1. The lowest BCUT2D eigenvalue weighted by Gasteiger charge is -2.11. The molecule has 1 aliphatic heterocycles. The van der Waals surface area contributed by atoms with Crippen LogP contribution >= 0.6 is 11.6 Å². The number of hydrogen-bond acceptors (Lipinski definition) is 2. The Hall–Kier alpha value is -1.42. The maximum Gasteiger partial charge on any atom is 0.315 e. The standard InChI is InChI=1S/C9H10ClN3O/c10-5-1-2-7(11)6(3-5)8-4-12-9(14)13-8/h1-3,8H,4,11H2,(H2,12,13,14)/t8-/m1/s1. The first-order valence-electron chi connectivity index (χ1n) is 4.26. The smallest absolute Gasteiger partial charge is 0.315 e. The molecule has 14 heavy (non-hydrogen) atoms. The summed E-state index contributed by atoms with van der Waals surface area (Å²) in [4.78, 5) is 10.9. The predicted octanol–water partition coefficient (Wildman–Crippen LogP) is 1.28. The van der Waals surface area contributed by atoms with Gasteiger partial charge >= 0.3 is 6.03 Å². The zero-order valence-corrected chi connectivity index (χ0v) is 8.14. The molecule has 0 aromatic heterocycles. The van der Waals surface area contributed by atoms with E-state index in [-0.39, 0.29) is 12.1 Å². The van der Waals surface area contributed by atoms with Gasteiger partial charge in [-0.3, -0.25) is 0 Å². The van der Waals surface area contributed by atoms with E-state index in [0.717, 1.165) is 5.56 Å². The number of amides is 2. The van der Waals surface area contributed by atoms with Crippen LogP contribution < -0.4 is 16.4 Å². The first kappa shape index (κ1) is 9.15. The van der Waals surface area contributed by atoms with Crippen LogP contribution in [0.5, 0.6) is 0 Å². The molecule has 0 bridgehead atoms. The summed E-state index contributed by atoms with van der Waals surface area (Å²) in [6.07, 6.45) is 0. The van der Waals surface area contributed by atoms with Gasteiger partial charge in [0.05, 0.1) is 6.04 Å². The molecule has 74 valence electrons. The Balaban J connectivity index is 2.31. The average Bonchev–Trinajstić information content (AvgIpc) is 2.56. The van der Waals surface area contributed by atoms with E-state index in [2.05, 4.69) is 10.6 Å². The third kappa shape index (κ3) is 1.61. The van der Waals surface area contributed by atoms with Crippen LogP contribution in [0, 0.1) is 0 Å². The molecular formula is C9H10ClN3O. The molecular weight excluding hydrogens is 202 g/mol. The third-order valence-corrected chi connectivity index (χ3v) is 2.43. The van der Waals surface area contributed by atoms with Gasteiger partial charge in [0.15, 0.2) is 0 Å². The largest absolute Gasteiger partial charge is 0.398 e. The van der Waals surface area contributed by atoms with Crippen molar-refractivity contribution in [2.45, 2.75) is 6.04 Å². The van der Waals surface area contributed by atoms with Crippen LogP contribution in [0.15, 0.2) is 18.2 Å². The number of urea groups is 1. The molecule has 2 rings (SSSR count). The summed E-state index contributed by atoms with van der Waals surface area (Å²) in [5, 5.41) is 6.04. The highest BCUT2D eigenvalue weighted by atomic mass is 35.5. The number of carbonyl (C=O) groups is 1. The Morgan fingerprint density at radius 3 is 2.93 bits per heavy atom. The fourth-order valence-electron chi connectivity index (χ4n) is 1.49. The summed E-state index contributed by atoms with van der Waals surface area (Å²) in [5.74, 6) is 0. The number of nitrogen functional groups attached to an aromatic ring is 1. The minimum atomic E-state index is -0.172. The van der Waals surface area contributed by atoms with Gasteiger partial charge in [0.25, 0.3) is 0 Å². The van der Waals surface area contributed by atoms with Crippen LogP contribution in [0.3, 0.4) is 0 Å². The van der Waals surface area contributed by atoms with Crippen LogP contribution in [0.2, 0.25) is 5.02 Å². The molecule has 1 aromatic rings. The summed E-state index contributed by atoms with van der Waals surface area (Å²) in [6.45, 7) is 0.545. The van der Waals surface area contributed by atoms with Crippen molar-refractivity contribution < 1.29 is 4.79 Å². The second-order valence-corrected chi connectivity index (χ2v) is 3.62. The molecule has 0 spiro atoms. The molecule has 1 atom stereocenters. The summed E-state index contributed by atoms with van der Waals surface area (Å²) in [6, 6.07) is 4.98. The highest BCUT2D eigenvalue weighted by Gasteiger charge is 2.23. The summed E-state index contributed by atoms with van der Waals surface area (Å²) in [5.41, 5.74) is 7.28. The summed E-state index contributed by atoms with van der Waals surface area (Å²) < 4.78 is 0. The van der Waals surface area contributed by atoms with Gasteiger partial charge in [0.1, 0.15) is 0 Å². The molecule has 0 aliphatic carbocycles. The molecule has 0 radical (unpaired) electrons. The van der Waals surface area contributed by atoms with Crippen molar-refractivity contribution in [2.24, 2.45) is 0 Å². The van der Waals surface area contributed by atoms with Crippen LogP contribution in [0.4, 0.5) is 10.5 Å². The Labute approximate surface area is 86.4 Å². The van der Waals surface area contributed by atoms with Crippen molar-refractivity contribution in [3.8, 4) is 0 Å². The third-order valence-electron chi connectivity index (χ3n) is 2.20. The predicted molar refractivity (Wildman–Crippen MR) is 55.1 cm³/mol. The Morgan fingerprint density at radius 1 is 1.50 bits per heavy atom. The Kier molecular flexibility index (Phi) is 2.21. The number of carbonyl (C=O) groups excluding carboxylic acids is 1. The second kappa shape index (κ2) is 3.38. The lowest BCUT2D eigenvalue weighted by Crippen LogP contribution is -2.22. The minimum Gasteiger partial charge on any atom is -0.398 e. The molecule has 1 fully saturated rings. The van der Waals surface area contributed by atoms with Gasteiger partial charge < -0.3 is 16.4 Å². The van der Waals surface area contributed by atoms with Gasteiger partial charge in [0.2, 0.25) is 0 Å². The van der Waals surface area contributed by atoms with Crippen molar-refractivity contribution in [1.29, 1.82) is 0 Å². The van der Waals surface area contributed by atoms with Gasteiger partial charge in [0, 0.05) is 22.8 Å². The molecule has 4 N–H and O–H groups in total. The quantitative estimate of drug-likeness (QED) is 0.613. The molecule has 1 aromatic carbocycles. The molecule has 4 nitrogen and oxygen atoms in total. The zero-order valence-electron chi connectivity index (χ0n) is 7.38. The second-order valence-electron chi connectivity index (χ2n) is 3.18. The van der Waals surface area contributed by atoms with Crippen molar-refractivity contribution in [2.75, 3.05) is 12.3 Å². The number of hydrogen-bond donors (Lipinski definition) is 3. The summed E-state index contributed by atoms with van der Waals surface area (Å²) >= 11 is 5.84. The Bertz CT molecular complexity index is 380. The normalized spacial score (nSPS) is 20.4. The van der Waals surface area contributed by atoms with Crippen molar-refractivity contribution in [3.05, 3.63) is 28.8 Å². The van der Waals surface area contributed by atoms with Crippen molar-refractivity contribution >= 4 is 23.3 Å². The van der Waals surface area contributed by atoms with Gasteiger partial charge in [-0.2, -0.15) is 0 Å². The van der Waals surface area contributed by atoms with E-state index in [9.17, 15) is 4.79 Å². The molecule has 1 saturated heterocycles. The molecule has 0 saturated carbocycles. The highest BCUT2D eigenvalue weighted by Crippen LogP contribution is 2.25. The monoisotopic (exact) mass is 211 g/mol. The first-order chi connectivity index (χ1) is 6.66. The van der Waals surface area contributed by atoms with Crippen molar-refractivity contribution in [3.63, 3.8) is 0 Å². The van der Waals surface area contributed by atoms with E-state index in [4.69, 9.17) is 17.3 Å². The van der Waals surface area contributed by atoms with E-state index < -0.39 is 0 Å². The first-order valence-corrected chi connectivity index (χ1v) is 4.64. The number of rotatable bonds is 1. The van der Waals surface area contributed by atoms with Crippen molar-refractivity contribution in [1.82, 2.24) is 10.6 Å². The molecule has 5 heteroatoms. The minimum absolute atomic E-state index is 0.0822. The van der Waals surface area contributed by atoms with E-state index in [0.29, 0.717) is 17.3 Å². The maximum absolute atomic E-state index is 10.9. The van der Waals surface area contributed by atoms with E-state index in [1.165, 1.54) is 0 Å². The molecule has 2 amide bonds. The highest BCUT2D eigenvalue weighted by molar-refractivity contribution is 6.30. The molecule has 1 aliphatic rings. The van der Waals surface area contributed by atoms with Crippen LogP contribution in [-0.2, 0) is 0 Å². The van der Waals surface area contributed by atoms with E-state index in [1.807, 2.05) is 0 Å². The lowest BCUT2D eigenvalue weighted by atomic mass is 10.1. The SMILES string of the molecule is Nc1ccc(Cl)cc1[C@H]1CNC(=O)N1. The topological polar surface area (TPSA) is 67.1 Å². The van der Waals surface area contributed by atoms with E-state index >= 15 is 0 Å². The summed E-state index contributed by atoms with van der Waals surface area (Å²) in [7, 11) is 0. The number of benzene rings is 1. The van der Waals surface area contributed by atoms with E-state index in [1.54, 1.807) is 18.2 Å².